The normalized spacial score (nSPS) is 10.3. The fourth-order valence-corrected chi connectivity index (χ4v) is 2.30. The van der Waals surface area contributed by atoms with Crippen LogP contribution in [0.15, 0.2) is 46.3 Å². The van der Waals surface area contributed by atoms with Crippen LogP contribution in [0.5, 0.6) is 0 Å². The number of hydrogen-bond acceptors (Lipinski definition) is 5. The van der Waals surface area contributed by atoms with Crippen LogP contribution in [-0.2, 0) is 0 Å². The van der Waals surface area contributed by atoms with Crippen LogP contribution in [0.4, 0.5) is 11.5 Å². The Morgan fingerprint density at radius 3 is 2.50 bits per heavy atom. The lowest BCUT2D eigenvalue weighted by Gasteiger charge is -2.03. The highest BCUT2D eigenvalue weighted by Gasteiger charge is 2.16. The zero-order valence-electron chi connectivity index (χ0n) is 9.04. The quantitative estimate of drug-likeness (QED) is 0.689. The van der Waals surface area contributed by atoms with E-state index in [-0.39, 0.29) is 16.5 Å². The fraction of sp³-hybridized carbons (Fsp3) is 0. The van der Waals surface area contributed by atoms with Gasteiger partial charge in [-0.1, -0.05) is 23.4 Å². The number of anilines is 1. The second-order valence-electron chi connectivity index (χ2n) is 3.37. The molecule has 2 N–H and O–H groups in total. The Balaban J connectivity index is 2.35. The maximum atomic E-state index is 10.9. The molecule has 2 rings (SSSR count). The molecule has 0 saturated carbocycles. The lowest BCUT2D eigenvalue weighted by atomic mass is 10.4. The van der Waals surface area contributed by atoms with Gasteiger partial charge in [-0.15, -0.1) is 0 Å². The number of halogens is 1. The van der Waals surface area contributed by atoms with Crippen LogP contribution in [0.3, 0.4) is 0 Å². The van der Waals surface area contributed by atoms with Gasteiger partial charge in [-0.3, -0.25) is 10.1 Å². The zero-order chi connectivity index (χ0) is 13.1. The first-order chi connectivity index (χ1) is 8.56. The van der Waals surface area contributed by atoms with Crippen molar-refractivity contribution in [2.24, 2.45) is 0 Å². The predicted molar refractivity (Wildman–Crippen MR) is 70.9 cm³/mol. The first-order valence-corrected chi connectivity index (χ1v) is 6.10. The summed E-state index contributed by atoms with van der Waals surface area (Å²) < 4.78 is 0. The number of benzene rings is 1. The van der Waals surface area contributed by atoms with E-state index in [1.165, 1.54) is 23.9 Å². The number of pyridine rings is 1. The molecule has 92 valence electrons. The summed E-state index contributed by atoms with van der Waals surface area (Å²) in [6.07, 6.45) is 0. The minimum absolute atomic E-state index is 0.0656. The molecule has 1 aromatic heterocycles. The molecule has 0 saturated heterocycles. The molecule has 0 radical (unpaired) electrons. The summed E-state index contributed by atoms with van der Waals surface area (Å²) in [4.78, 5) is 15.2. The highest BCUT2D eigenvalue weighted by molar-refractivity contribution is 7.99. The SMILES string of the molecule is Nc1ccc([N+](=O)[O-])c(Sc2ccc(Cl)cc2)n1. The topological polar surface area (TPSA) is 82.0 Å². The van der Waals surface area contributed by atoms with Crippen molar-refractivity contribution in [1.82, 2.24) is 4.98 Å². The van der Waals surface area contributed by atoms with E-state index in [9.17, 15) is 10.1 Å². The lowest BCUT2D eigenvalue weighted by molar-refractivity contribution is -0.388. The molecule has 0 fully saturated rings. The average molecular weight is 282 g/mol. The van der Waals surface area contributed by atoms with Crippen LogP contribution in [0.1, 0.15) is 0 Å². The van der Waals surface area contributed by atoms with E-state index in [1.807, 2.05) is 0 Å². The number of nitro groups is 1. The Morgan fingerprint density at radius 1 is 1.22 bits per heavy atom. The Bertz CT molecular complexity index is 589. The molecule has 0 aliphatic carbocycles. The van der Waals surface area contributed by atoms with Gasteiger partial charge in [0.1, 0.15) is 5.82 Å². The average Bonchev–Trinajstić information content (AvgIpc) is 2.32. The van der Waals surface area contributed by atoms with Gasteiger partial charge in [0.05, 0.1) is 4.92 Å². The van der Waals surface area contributed by atoms with E-state index in [4.69, 9.17) is 17.3 Å². The number of nitrogens with two attached hydrogens (primary N) is 1. The third-order valence-corrected chi connectivity index (χ3v) is 3.34. The van der Waals surface area contributed by atoms with Crippen LogP contribution in [0.2, 0.25) is 5.02 Å². The van der Waals surface area contributed by atoms with Gasteiger partial charge in [0.25, 0.3) is 0 Å². The van der Waals surface area contributed by atoms with Crippen LogP contribution in [0, 0.1) is 10.1 Å². The molecule has 1 aromatic carbocycles. The zero-order valence-corrected chi connectivity index (χ0v) is 10.6. The van der Waals surface area contributed by atoms with Crippen molar-refractivity contribution in [3.05, 3.63) is 51.5 Å². The van der Waals surface area contributed by atoms with Crippen molar-refractivity contribution in [3.8, 4) is 0 Å². The second kappa shape index (κ2) is 5.24. The molecule has 7 heteroatoms. The number of hydrogen-bond donors (Lipinski definition) is 1. The van der Waals surface area contributed by atoms with Crippen molar-refractivity contribution >= 4 is 34.9 Å². The summed E-state index contributed by atoms with van der Waals surface area (Å²) in [5.74, 6) is 0.247. The Labute approximate surface area is 112 Å². The highest BCUT2D eigenvalue weighted by Crippen LogP contribution is 2.34. The minimum atomic E-state index is -0.481. The van der Waals surface area contributed by atoms with Crippen molar-refractivity contribution in [3.63, 3.8) is 0 Å². The molecule has 0 atom stereocenters. The largest absolute Gasteiger partial charge is 0.384 e. The lowest BCUT2D eigenvalue weighted by Crippen LogP contribution is -1.97. The maximum absolute atomic E-state index is 10.9. The minimum Gasteiger partial charge on any atom is -0.384 e. The number of nitrogen functional groups attached to an aromatic ring is 1. The van der Waals surface area contributed by atoms with Crippen molar-refractivity contribution in [2.45, 2.75) is 9.92 Å². The Kier molecular flexibility index (Phi) is 3.69. The predicted octanol–water partition coefficient (Wildman–Crippen LogP) is 3.38. The first-order valence-electron chi connectivity index (χ1n) is 4.90. The fourth-order valence-electron chi connectivity index (χ4n) is 1.28. The van der Waals surface area contributed by atoms with Crippen molar-refractivity contribution < 1.29 is 4.92 Å². The van der Waals surface area contributed by atoms with Crippen LogP contribution < -0.4 is 5.73 Å². The Hall–Kier alpha value is -1.79. The molecule has 5 nitrogen and oxygen atoms in total. The number of nitrogens with zero attached hydrogens (tertiary/aromatic N) is 2. The van der Waals surface area contributed by atoms with E-state index >= 15 is 0 Å². The molecule has 18 heavy (non-hydrogen) atoms. The van der Waals surface area contributed by atoms with Gasteiger partial charge in [0.2, 0.25) is 0 Å². The van der Waals surface area contributed by atoms with Gasteiger partial charge in [-0.2, -0.15) is 0 Å². The van der Waals surface area contributed by atoms with E-state index in [1.54, 1.807) is 24.3 Å². The van der Waals surface area contributed by atoms with Crippen LogP contribution in [0.25, 0.3) is 0 Å². The van der Waals surface area contributed by atoms with Crippen LogP contribution >= 0.6 is 23.4 Å². The van der Waals surface area contributed by atoms with E-state index < -0.39 is 4.92 Å². The molecule has 0 spiro atoms. The molecule has 0 amide bonds. The Morgan fingerprint density at radius 2 is 1.89 bits per heavy atom. The standard InChI is InChI=1S/C11H8ClN3O2S/c12-7-1-3-8(4-2-7)18-11-9(15(16)17)5-6-10(13)14-11/h1-6H,(H2,13,14). The summed E-state index contributed by atoms with van der Waals surface area (Å²) in [6.45, 7) is 0. The van der Waals surface area contributed by atoms with E-state index in [0.29, 0.717) is 5.02 Å². The molecule has 2 aromatic rings. The molecular weight excluding hydrogens is 274 g/mol. The monoisotopic (exact) mass is 281 g/mol. The van der Waals surface area contributed by atoms with Gasteiger partial charge in [-0.05, 0) is 30.3 Å². The molecule has 0 aliphatic heterocycles. The number of aromatic nitrogens is 1. The van der Waals surface area contributed by atoms with Gasteiger partial charge in [-0.25, -0.2) is 4.98 Å². The van der Waals surface area contributed by atoms with E-state index in [0.717, 1.165) is 4.90 Å². The summed E-state index contributed by atoms with van der Waals surface area (Å²) in [5, 5.41) is 11.7. The third kappa shape index (κ3) is 2.91. The summed E-state index contributed by atoms with van der Waals surface area (Å²) in [6, 6.07) is 9.71. The summed E-state index contributed by atoms with van der Waals surface area (Å²) >= 11 is 6.94. The van der Waals surface area contributed by atoms with Gasteiger partial charge in [0.15, 0.2) is 5.03 Å². The van der Waals surface area contributed by atoms with Crippen molar-refractivity contribution in [2.75, 3.05) is 5.73 Å². The first kappa shape index (κ1) is 12.7. The smallest absolute Gasteiger partial charge is 0.301 e. The highest BCUT2D eigenvalue weighted by atomic mass is 35.5. The van der Waals surface area contributed by atoms with Gasteiger partial charge >= 0.3 is 5.69 Å². The maximum Gasteiger partial charge on any atom is 0.301 e. The molecule has 1 heterocycles. The third-order valence-electron chi connectivity index (χ3n) is 2.09. The number of rotatable bonds is 3. The van der Waals surface area contributed by atoms with Gasteiger partial charge < -0.3 is 5.73 Å². The molecule has 0 unspecified atom stereocenters. The van der Waals surface area contributed by atoms with Crippen LogP contribution in [-0.4, -0.2) is 9.91 Å². The van der Waals surface area contributed by atoms with Crippen molar-refractivity contribution in [1.29, 1.82) is 0 Å². The molecule has 0 bridgehead atoms. The molecular formula is C11H8ClN3O2S. The van der Waals surface area contributed by atoms with E-state index in [2.05, 4.69) is 4.98 Å². The summed E-state index contributed by atoms with van der Waals surface area (Å²) in [5.41, 5.74) is 5.47. The van der Waals surface area contributed by atoms with Gasteiger partial charge in [0, 0.05) is 16.0 Å². The summed E-state index contributed by atoms with van der Waals surface area (Å²) in [7, 11) is 0. The second-order valence-corrected chi connectivity index (χ2v) is 4.87. The molecule has 0 aliphatic rings.